The van der Waals surface area contributed by atoms with Crippen LogP contribution in [-0.4, -0.2) is 11.7 Å². The summed E-state index contributed by atoms with van der Waals surface area (Å²) in [5.41, 5.74) is 3.75. The number of carbonyl (C=O) groups excluding carboxylic acids is 1. The van der Waals surface area contributed by atoms with Crippen molar-refractivity contribution in [2.45, 2.75) is 27.2 Å². The third kappa shape index (κ3) is 4.63. The van der Waals surface area contributed by atoms with Crippen molar-refractivity contribution in [1.29, 1.82) is 0 Å². The average molecular weight is 314 g/mol. The minimum atomic E-state index is -0.321. The molecule has 0 amide bonds. The van der Waals surface area contributed by atoms with E-state index in [4.69, 9.17) is 4.74 Å². The zero-order valence-corrected chi connectivity index (χ0v) is 14.2. The van der Waals surface area contributed by atoms with Crippen LogP contribution in [0.2, 0.25) is 0 Å². The molecule has 1 aliphatic rings. The van der Waals surface area contributed by atoms with Crippen molar-refractivity contribution >= 4 is 23.5 Å². The molecule has 0 fully saturated rings. The first-order valence-corrected chi connectivity index (χ1v) is 8.45. The predicted octanol–water partition coefficient (Wildman–Crippen LogP) is 5.03. The highest BCUT2D eigenvalue weighted by atomic mass is 32.2. The molecule has 22 heavy (non-hydrogen) atoms. The summed E-state index contributed by atoms with van der Waals surface area (Å²) in [5, 5.41) is 2.12. The molecule has 0 aliphatic carbocycles. The van der Waals surface area contributed by atoms with Crippen LogP contribution in [0, 0.1) is 19.8 Å². The van der Waals surface area contributed by atoms with Gasteiger partial charge in [0.1, 0.15) is 5.76 Å². The van der Waals surface area contributed by atoms with Crippen LogP contribution in [0.25, 0.3) is 5.76 Å². The number of hydrogen-bond donors (Lipinski definition) is 0. The Kier molecular flexibility index (Phi) is 5.67. The summed E-state index contributed by atoms with van der Waals surface area (Å²) in [6.07, 6.45) is 5.02. The summed E-state index contributed by atoms with van der Waals surface area (Å²) in [5.74, 6) is 1.70. The molecule has 0 spiro atoms. The van der Waals surface area contributed by atoms with Gasteiger partial charge in [0.2, 0.25) is 0 Å². The van der Waals surface area contributed by atoms with Crippen molar-refractivity contribution in [2.24, 2.45) is 5.92 Å². The van der Waals surface area contributed by atoms with Crippen molar-refractivity contribution in [3.05, 3.63) is 64.6 Å². The van der Waals surface area contributed by atoms with Crippen LogP contribution in [0.15, 0.2) is 47.9 Å². The molecule has 1 heterocycles. The topological polar surface area (TPSA) is 26.3 Å². The van der Waals surface area contributed by atoms with Gasteiger partial charge in [0.15, 0.2) is 0 Å². The Bertz CT molecular complexity index is 621. The van der Waals surface area contributed by atoms with E-state index in [9.17, 15) is 4.79 Å². The van der Waals surface area contributed by atoms with Gasteiger partial charge in [0.25, 0.3) is 0 Å². The first kappa shape index (κ1) is 16.6. The minimum Gasteiger partial charge on any atom is -0.423 e. The lowest BCUT2D eigenvalue weighted by Crippen LogP contribution is -2.06. The van der Waals surface area contributed by atoms with Crippen molar-refractivity contribution in [2.75, 3.05) is 5.75 Å². The Morgan fingerprint density at radius 2 is 2.05 bits per heavy atom. The van der Waals surface area contributed by atoms with Gasteiger partial charge in [-0.3, -0.25) is 0 Å². The van der Waals surface area contributed by atoms with E-state index in [2.05, 4.69) is 24.1 Å². The van der Waals surface area contributed by atoms with Crippen LogP contribution >= 0.6 is 11.8 Å². The Labute approximate surface area is 136 Å². The molecule has 1 aromatic rings. The molecule has 0 aromatic heterocycles. The number of thioether (sulfide) groups is 1. The third-order valence-electron chi connectivity index (χ3n) is 3.57. The molecule has 2 rings (SSSR count). The predicted molar refractivity (Wildman–Crippen MR) is 94.5 cm³/mol. The van der Waals surface area contributed by atoms with E-state index in [1.165, 1.54) is 0 Å². The standard InChI is InChI=1S/C19H22O2S/c1-13-9-14(2)11-18(10-13)16(4)21-19(20)15(3)5-6-17-7-8-22-12-17/h5,7-11,17H,4,6,12H2,1-3H3/b15-5-. The molecule has 0 radical (unpaired) electrons. The van der Waals surface area contributed by atoms with Gasteiger partial charge in [-0.05, 0) is 50.7 Å². The largest absolute Gasteiger partial charge is 0.423 e. The number of aryl methyl sites for hydroxylation is 2. The van der Waals surface area contributed by atoms with Crippen molar-refractivity contribution in [3.63, 3.8) is 0 Å². The zero-order valence-electron chi connectivity index (χ0n) is 13.4. The smallest absolute Gasteiger partial charge is 0.338 e. The first-order chi connectivity index (χ1) is 10.5. The molecule has 1 aliphatic heterocycles. The Morgan fingerprint density at radius 3 is 2.64 bits per heavy atom. The second-order valence-electron chi connectivity index (χ2n) is 5.73. The molecule has 0 bridgehead atoms. The maximum Gasteiger partial charge on any atom is 0.338 e. The molecule has 1 atom stereocenters. The first-order valence-electron chi connectivity index (χ1n) is 7.40. The van der Waals surface area contributed by atoms with E-state index in [0.29, 0.717) is 17.3 Å². The lowest BCUT2D eigenvalue weighted by atomic mass is 10.1. The van der Waals surface area contributed by atoms with Gasteiger partial charge in [-0.1, -0.05) is 35.9 Å². The summed E-state index contributed by atoms with van der Waals surface area (Å²) in [6.45, 7) is 9.71. The van der Waals surface area contributed by atoms with E-state index >= 15 is 0 Å². The zero-order chi connectivity index (χ0) is 16.1. The van der Waals surface area contributed by atoms with Gasteiger partial charge in [-0.2, -0.15) is 0 Å². The van der Waals surface area contributed by atoms with E-state index in [1.807, 2.05) is 43.8 Å². The second-order valence-corrected chi connectivity index (χ2v) is 6.67. The van der Waals surface area contributed by atoms with Gasteiger partial charge in [0.05, 0.1) is 0 Å². The number of hydrogen-bond acceptors (Lipinski definition) is 3. The van der Waals surface area contributed by atoms with E-state index < -0.39 is 0 Å². The highest BCUT2D eigenvalue weighted by molar-refractivity contribution is 8.02. The fraction of sp³-hybridized carbons (Fsp3) is 0.316. The van der Waals surface area contributed by atoms with Gasteiger partial charge < -0.3 is 4.74 Å². The number of allylic oxidation sites excluding steroid dienone is 2. The number of carbonyl (C=O) groups is 1. The summed E-state index contributed by atoms with van der Waals surface area (Å²) in [7, 11) is 0. The van der Waals surface area contributed by atoms with Crippen LogP contribution in [0.4, 0.5) is 0 Å². The van der Waals surface area contributed by atoms with Gasteiger partial charge in [-0.25, -0.2) is 4.79 Å². The summed E-state index contributed by atoms with van der Waals surface area (Å²) in [6, 6.07) is 6.03. The molecular formula is C19H22O2S. The van der Waals surface area contributed by atoms with Crippen LogP contribution in [0.5, 0.6) is 0 Å². The van der Waals surface area contributed by atoms with Crippen LogP contribution in [-0.2, 0) is 9.53 Å². The van der Waals surface area contributed by atoms with E-state index in [1.54, 1.807) is 6.92 Å². The average Bonchev–Trinajstić information content (AvgIpc) is 2.96. The van der Waals surface area contributed by atoms with Crippen LogP contribution in [0.1, 0.15) is 30.0 Å². The van der Waals surface area contributed by atoms with Gasteiger partial charge in [0, 0.05) is 16.9 Å². The molecule has 3 heteroatoms. The maximum atomic E-state index is 12.1. The second kappa shape index (κ2) is 7.50. The molecule has 1 aromatic carbocycles. The van der Waals surface area contributed by atoms with Crippen LogP contribution < -0.4 is 0 Å². The highest BCUT2D eigenvalue weighted by Gasteiger charge is 2.12. The van der Waals surface area contributed by atoms with E-state index in [-0.39, 0.29) is 5.97 Å². The maximum absolute atomic E-state index is 12.1. The number of benzene rings is 1. The Hall–Kier alpha value is -1.74. The quantitative estimate of drug-likeness (QED) is 0.433. The summed E-state index contributed by atoms with van der Waals surface area (Å²) in [4.78, 5) is 12.1. The third-order valence-corrected chi connectivity index (χ3v) is 4.54. The minimum absolute atomic E-state index is 0.321. The summed E-state index contributed by atoms with van der Waals surface area (Å²) >= 11 is 1.81. The molecule has 2 nitrogen and oxygen atoms in total. The fourth-order valence-corrected chi connectivity index (χ4v) is 3.29. The van der Waals surface area contributed by atoms with Crippen molar-refractivity contribution in [1.82, 2.24) is 0 Å². The number of esters is 1. The Balaban J connectivity index is 1.96. The fourth-order valence-electron chi connectivity index (χ4n) is 2.35. The molecule has 116 valence electrons. The van der Waals surface area contributed by atoms with Gasteiger partial charge in [-0.15, -0.1) is 11.8 Å². The molecule has 1 unspecified atom stereocenters. The molecule has 0 N–H and O–H groups in total. The van der Waals surface area contributed by atoms with Gasteiger partial charge >= 0.3 is 5.97 Å². The Morgan fingerprint density at radius 1 is 1.36 bits per heavy atom. The van der Waals surface area contributed by atoms with Crippen molar-refractivity contribution < 1.29 is 9.53 Å². The molecular weight excluding hydrogens is 292 g/mol. The lowest BCUT2D eigenvalue weighted by Gasteiger charge is -2.10. The SMILES string of the molecule is C=C(OC(=O)/C(C)=C\CC1C=CSC1)c1cc(C)cc(C)c1. The normalized spacial score (nSPS) is 17.6. The van der Waals surface area contributed by atoms with Crippen molar-refractivity contribution in [3.8, 4) is 0 Å². The molecule has 0 saturated heterocycles. The lowest BCUT2D eigenvalue weighted by molar-refractivity contribution is -0.132. The summed E-state index contributed by atoms with van der Waals surface area (Å²) < 4.78 is 5.40. The van der Waals surface area contributed by atoms with E-state index in [0.717, 1.165) is 28.9 Å². The molecule has 0 saturated carbocycles. The highest BCUT2D eigenvalue weighted by Crippen LogP contribution is 2.24. The van der Waals surface area contributed by atoms with Crippen LogP contribution in [0.3, 0.4) is 0 Å². The number of rotatable bonds is 5. The monoisotopic (exact) mass is 314 g/mol. The number of ether oxygens (including phenoxy) is 1.